The van der Waals surface area contributed by atoms with E-state index in [1.807, 2.05) is 14.1 Å². The molecule has 0 heterocycles. The summed E-state index contributed by atoms with van der Waals surface area (Å²) in [6, 6.07) is 0. The van der Waals surface area contributed by atoms with Gasteiger partial charge in [-0.2, -0.15) is 8.42 Å². The summed E-state index contributed by atoms with van der Waals surface area (Å²) in [7, 11) is -0.743. The van der Waals surface area contributed by atoms with Crippen molar-refractivity contribution in [3.8, 4) is 0 Å². The summed E-state index contributed by atoms with van der Waals surface area (Å²) in [6.07, 6.45) is 2.47. The second kappa shape index (κ2) is 16.2. The highest BCUT2D eigenvalue weighted by atomic mass is 32.3. The molecule has 4 N–H and O–H groups in total. The third-order valence-corrected chi connectivity index (χ3v) is 1.000. The average Bonchev–Trinajstić information content (AvgIpc) is 2.05. The Hall–Kier alpha value is -0.210. The molecular formula is C8H24N2O4S. The molecule has 15 heavy (non-hydrogen) atoms. The number of hydrogen-bond acceptors (Lipinski definition) is 4. The van der Waals surface area contributed by atoms with E-state index in [1.165, 1.54) is 12.8 Å². The highest BCUT2D eigenvalue weighted by molar-refractivity contribution is 7.79. The first-order chi connectivity index (χ1) is 6.83. The Morgan fingerprint density at radius 2 is 1.13 bits per heavy atom. The van der Waals surface area contributed by atoms with Crippen molar-refractivity contribution in [1.82, 2.24) is 10.6 Å². The quantitative estimate of drug-likeness (QED) is 0.540. The van der Waals surface area contributed by atoms with Crippen LogP contribution in [-0.2, 0) is 10.4 Å². The van der Waals surface area contributed by atoms with Crippen molar-refractivity contribution >= 4 is 10.4 Å². The second-order valence-electron chi connectivity index (χ2n) is 2.65. The lowest BCUT2D eigenvalue weighted by Gasteiger charge is -1.84. The zero-order valence-corrected chi connectivity index (χ0v) is 10.8. The SMILES string of the molecule is CCCNC.CCCNC.O=S(=O)(O)O. The van der Waals surface area contributed by atoms with Crippen LogP contribution in [0.3, 0.4) is 0 Å². The monoisotopic (exact) mass is 244 g/mol. The van der Waals surface area contributed by atoms with Gasteiger partial charge in [0.25, 0.3) is 0 Å². The summed E-state index contributed by atoms with van der Waals surface area (Å²) in [5, 5.41) is 6.03. The third-order valence-electron chi connectivity index (χ3n) is 1.000. The van der Waals surface area contributed by atoms with Gasteiger partial charge in [0.1, 0.15) is 0 Å². The lowest BCUT2D eigenvalue weighted by Crippen LogP contribution is -2.04. The minimum atomic E-state index is -4.67. The Morgan fingerprint density at radius 3 is 1.13 bits per heavy atom. The van der Waals surface area contributed by atoms with Crippen LogP contribution < -0.4 is 10.6 Å². The van der Waals surface area contributed by atoms with Crippen molar-refractivity contribution in [3.05, 3.63) is 0 Å². The molecule has 0 aromatic carbocycles. The highest BCUT2D eigenvalue weighted by Gasteiger charge is 1.84. The molecule has 6 nitrogen and oxygen atoms in total. The average molecular weight is 244 g/mol. The predicted octanol–water partition coefficient (Wildman–Crippen LogP) is 0.579. The van der Waals surface area contributed by atoms with E-state index in [2.05, 4.69) is 24.5 Å². The molecular weight excluding hydrogens is 220 g/mol. The van der Waals surface area contributed by atoms with Gasteiger partial charge in [-0.1, -0.05) is 13.8 Å². The molecule has 0 spiro atoms. The third kappa shape index (κ3) is 133. The maximum atomic E-state index is 8.74. The van der Waals surface area contributed by atoms with E-state index in [4.69, 9.17) is 17.5 Å². The van der Waals surface area contributed by atoms with Gasteiger partial charge in [-0.15, -0.1) is 0 Å². The number of nitrogens with one attached hydrogen (secondary N) is 2. The van der Waals surface area contributed by atoms with Crippen molar-refractivity contribution in [2.75, 3.05) is 27.2 Å². The van der Waals surface area contributed by atoms with E-state index in [9.17, 15) is 0 Å². The molecule has 0 radical (unpaired) electrons. The molecule has 0 atom stereocenters. The molecule has 0 aliphatic carbocycles. The fraction of sp³-hybridized carbons (Fsp3) is 1.00. The van der Waals surface area contributed by atoms with E-state index in [1.54, 1.807) is 0 Å². The fourth-order valence-electron chi connectivity index (χ4n) is 0.500. The minimum Gasteiger partial charge on any atom is -0.320 e. The van der Waals surface area contributed by atoms with E-state index >= 15 is 0 Å². The summed E-state index contributed by atoms with van der Waals surface area (Å²) in [5.41, 5.74) is 0. The van der Waals surface area contributed by atoms with E-state index in [-0.39, 0.29) is 0 Å². The summed E-state index contributed by atoms with van der Waals surface area (Å²) in [6.45, 7) is 6.58. The first-order valence-corrected chi connectivity index (χ1v) is 6.22. The zero-order chi connectivity index (χ0) is 12.7. The molecule has 0 fully saturated rings. The zero-order valence-electron chi connectivity index (χ0n) is 9.95. The maximum absolute atomic E-state index is 8.74. The van der Waals surface area contributed by atoms with Gasteiger partial charge in [-0.05, 0) is 40.0 Å². The fourth-order valence-corrected chi connectivity index (χ4v) is 0.500. The summed E-state index contributed by atoms with van der Waals surface area (Å²) in [4.78, 5) is 0. The molecule has 0 amide bonds. The topological polar surface area (TPSA) is 98.7 Å². The van der Waals surface area contributed by atoms with Crippen LogP contribution in [0.5, 0.6) is 0 Å². The van der Waals surface area contributed by atoms with Gasteiger partial charge in [0.05, 0.1) is 0 Å². The Labute approximate surface area is 93.0 Å². The maximum Gasteiger partial charge on any atom is 0.394 e. The van der Waals surface area contributed by atoms with Crippen LogP contribution in [0.25, 0.3) is 0 Å². The van der Waals surface area contributed by atoms with Crippen molar-refractivity contribution in [2.45, 2.75) is 26.7 Å². The molecule has 0 saturated heterocycles. The summed E-state index contributed by atoms with van der Waals surface area (Å²) >= 11 is 0. The Bertz CT molecular complexity index is 165. The Balaban J connectivity index is -0.000000144. The molecule has 0 unspecified atom stereocenters. The predicted molar refractivity (Wildman–Crippen MR) is 62.6 cm³/mol. The van der Waals surface area contributed by atoms with Crippen molar-refractivity contribution in [2.24, 2.45) is 0 Å². The molecule has 7 heteroatoms. The van der Waals surface area contributed by atoms with Gasteiger partial charge in [0.15, 0.2) is 0 Å². The number of rotatable bonds is 4. The van der Waals surface area contributed by atoms with Gasteiger partial charge in [-0.25, -0.2) is 0 Å². The van der Waals surface area contributed by atoms with Crippen molar-refractivity contribution in [3.63, 3.8) is 0 Å². The minimum absolute atomic E-state index is 1.14. The Kier molecular flexibility index (Phi) is 21.9. The highest BCUT2D eigenvalue weighted by Crippen LogP contribution is 1.62. The van der Waals surface area contributed by atoms with Crippen LogP contribution in [0.2, 0.25) is 0 Å². The second-order valence-corrected chi connectivity index (χ2v) is 3.55. The molecule has 0 aliphatic heterocycles. The van der Waals surface area contributed by atoms with Crippen LogP contribution in [0, 0.1) is 0 Å². The van der Waals surface area contributed by atoms with E-state index in [0.29, 0.717) is 0 Å². The van der Waals surface area contributed by atoms with Crippen LogP contribution in [0.1, 0.15) is 26.7 Å². The lowest BCUT2D eigenvalue weighted by molar-refractivity contribution is 0.381. The molecule has 0 aliphatic rings. The van der Waals surface area contributed by atoms with E-state index < -0.39 is 10.4 Å². The molecule has 0 bridgehead atoms. The van der Waals surface area contributed by atoms with Crippen molar-refractivity contribution < 1.29 is 17.5 Å². The van der Waals surface area contributed by atoms with E-state index in [0.717, 1.165) is 13.1 Å². The van der Waals surface area contributed by atoms with Crippen LogP contribution in [0.15, 0.2) is 0 Å². The molecule has 0 rings (SSSR count). The molecule has 96 valence electrons. The summed E-state index contributed by atoms with van der Waals surface area (Å²) in [5.74, 6) is 0. The standard InChI is InChI=1S/2C4H11N.H2O4S/c2*1-3-4-5-2;1-5(2,3)4/h2*5H,3-4H2,1-2H3;(H2,1,2,3,4). The van der Waals surface area contributed by atoms with Gasteiger partial charge in [0.2, 0.25) is 0 Å². The smallest absolute Gasteiger partial charge is 0.320 e. The van der Waals surface area contributed by atoms with Crippen LogP contribution in [0.4, 0.5) is 0 Å². The summed E-state index contributed by atoms with van der Waals surface area (Å²) < 4.78 is 31.6. The van der Waals surface area contributed by atoms with Crippen LogP contribution >= 0.6 is 0 Å². The molecule has 0 aromatic heterocycles. The molecule has 0 aromatic rings. The lowest BCUT2D eigenvalue weighted by atomic mass is 10.5. The Morgan fingerprint density at radius 1 is 0.933 bits per heavy atom. The van der Waals surface area contributed by atoms with Gasteiger partial charge in [0, 0.05) is 0 Å². The van der Waals surface area contributed by atoms with Gasteiger partial charge in [-0.3, -0.25) is 9.11 Å². The normalized spacial score (nSPS) is 9.47. The number of hydrogen-bond donors (Lipinski definition) is 4. The van der Waals surface area contributed by atoms with Crippen molar-refractivity contribution in [1.29, 1.82) is 0 Å². The van der Waals surface area contributed by atoms with Crippen LogP contribution in [-0.4, -0.2) is 44.7 Å². The largest absolute Gasteiger partial charge is 0.394 e. The molecule has 0 saturated carbocycles. The van der Waals surface area contributed by atoms with Gasteiger partial charge < -0.3 is 10.6 Å². The first-order valence-electron chi connectivity index (χ1n) is 4.82. The van der Waals surface area contributed by atoms with Gasteiger partial charge >= 0.3 is 10.4 Å². The first kappa shape index (κ1) is 20.2.